The van der Waals surface area contributed by atoms with Crippen LogP contribution in [0.15, 0.2) is 42.7 Å². The van der Waals surface area contributed by atoms with E-state index in [0.29, 0.717) is 28.1 Å². The van der Waals surface area contributed by atoms with Crippen LogP contribution < -0.4 is 10.6 Å². The first-order valence-electron chi connectivity index (χ1n) is 10.6. The topological polar surface area (TPSA) is 113 Å². The monoisotopic (exact) mass is 466 g/mol. The van der Waals surface area contributed by atoms with Crippen molar-refractivity contribution in [1.82, 2.24) is 14.9 Å². The lowest BCUT2D eigenvalue weighted by Gasteiger charge is -2.17. The van der Waals surface area contributed by atoms with E-state index in [4.69, 9.17) is 0 Å². The molecule has 0 saturated heterocycles. The number of benzene rings is 1. The molecule has 8 nitrogen and oxygen atoms in total. The molecule has 0 atom stereocenters. The van der Waals surface area contributed by atoms with E-state index in [1.807, 2.05) is 0 Å². The highest BCUT2D eigenvalue weighted by Gasteiger charge is 2.31. The number of Topliss-reactive ketones (excluding diaryl/α,β-unsaturated/α-hetero) is 1. The van der Waals surface area contributed by atoms with E-state index in [1.54, 1.807) is 45.4 Å². The van der Waals surface area contributed by atoms with Gasteiger partial charge in [-0.05, 0) is 69.2 Å². The number of aryl methyl sites for hydroxylation is 1. The van der Waals surface area contributed by atoms with E-state index >= 15 is 0 Å². The van der Waals surface area contributed by atoms with Gasteiger partial charge in [0.05, 0.1) is 22.6 Å². The van der Waals surface area contributed by atoms with Crippen LogP contribution in [0, 0.1) is 19.7 Å². The number of carbonyl (C=O) groups excluding carboxylic acids is 3. The summed E-state index contributed by atoms with van der Waals surface area (Å²) in [6.45, 7) is 6.06. The van der Waals surface area contributed by atoms with Gasteiger partial charge in [0.15, 0.2) is 0 Å². The summed E-state index contributed by atoms with van der Waals surface area (Å²) in [6.07, 6.45) is 3.13. The van der Waals surface area contributed by atoms with Gasteiger partial charge in [-0.25, -0.2) is 4.39 Å². The molecule has 2 amide bonds. The average molecular weight is 467 g/mol. The van der Waals surface area contributed by atoms with Crippen molar-refractivity contribution in [3.05, 3.63) is 70.9 Å². The standard InChI is InChI=1S/C25H27FN4O4/c1-14-11-17(8-9-18(14)26)29-23(32)19-15(2)20(22(31)24(33)28-13-25(3,4)34)30(5)21(19)16-7-6-10-27-12-16/h6-12,34H,13H2,1-5H3,(H,28,33)(H,29,32). The molecule has 3 aromatic rings. The number of anilines is 1. The molecule has 0 fully saturated rings. The van der Waals surface area contributed by atoms with Crippen molar-refractivity contribution in [2.45, 2.75) is 33.3 Å². The number of nitrogens with zero attached hydrogens (tertiary/aromatic N) is 2. The van der Waals surface area contributed by atoms with Crippen LogP contribution >= 0.6 is 0 Å². The molecule has 0 spiro atoms. The predicted octanol–water partition coefficient (Wildman–Crippen LogP) is 3.17. The van der Waals surface area contributed by atoms with Crippen molar-refractivity contribution < 1.29 is 23.9 Å². The number of hydrogen-bond donors (Lipinski definition) is 3. The van der Waals surface area contributed by atoms with Crippen LogP contribution in [-0.4, -0.2) is 44.4 Å². The third-order valence-corrected chi connectivity index (χ3v) is 5.32. The Morgan fingerprint density at radius 3 is 2.47 bits per heavy atom. The Kier molecular flexibility index (Phi) is 6.97. The molecule has 2 heterocycles. The molecular weight excluding hydrogens is 439 g/mol. The summed E-state index contributed by atoms with van der Waals surface area (Å²) in [6, 6.07) is 7.64. The van der Waals surface area contributed by atoms with Gasteiger partial charge in [0.1, 0.15) is 5.82 Å². The minimum absolute atomic E-state index is 0.0348. The van der Waals surface area contributed by atoms with Gasteiger partial charge in [-0.2, -0.15) is 0 Å². The van der Waals surface area contributed by atoms with Gasteiger partial charge in [-0.15, -0.1) is 0 Å². The number of ketones is 1. The van der Waals surface area contributed by atoms with Crippen molar-refractivity contribution in [1.29, 1.82) is 0 Å². The van der Waals surface area contributed by atoms with Crippen LogP contribution in [0.2, 0.25) is 0 Å². The SMILES string of the molecule is Cc1cc(NC(=O)c2c(C)c(C(=O)C(=O)NCC(C)(C)O)n(C)c2-c2cccnc2)ccc1F. The molecule has 2 aromatic heterocycles. The van der Waals surface area contributed by atoms with E-state index in [9.17, 15) is 23.9 Å². The summed E-state index contributed by atoms with van der Waals surface area (Å²) in [4.78, 5) is 43.1. The average Bonchev–Trinajstić information content (AvgIpc) is 3.04. The Morgan fingerprint density at radius 1 is 1.18 bits per heavy atom. The lowest BCUT2D eigenvalue weighted by atomic mass is 10.0. The van der Waals surface area contributed by atoms with E-state index in [2.05, 4.69) is 15.6 Å². The number of nitrogens with one attached hydrogen (secondary N) is 2. The highest BCUT2D eigenvalue weighted by Crippen LogP contribution is 2.31. The molecule has 0 aliphatic heterocycles. The van der Waals surface area contributed by atoms with Crippen molar-refractivity contribution in [3.63, 3.8) is 0 Å². The maximum atomic E-state index is 13.7. The smallest absolute Gasteiger partial charge is 0.294 e. The first-order chi connectivity index (χ1) is 15.9. The number of carbonyl (C=O) groups is 3. The number of pyridine rings is 1. The first kappa shape index (κ1) is 24.8. The maximum absolute atomic E-state index is 13.7. The lowest BCUT2D eigenvalue weighted by Crippen LogP contribution is -2.41. The number of aromatic nitrogens is 2. The second kappa shape index (κ2) is 9.56. The molecular formula is C25H27FN4O4. The minimum Gasteiger partial charge on any atom is -0.389 e. The van der Waals surface area contributed by atoms with Gasteiger partial charge >= 0.3 is 0 Å². The quantitative estimate of drug-likeness (QED) is 0.366. The van der Waals surface area contributed by atoms with Crippen LogP contribution in [0.3, 0.4) is 0 Å². The van der Waals surface area contributed by atoms with Crippen molar-refractivity contribution in [3.8, 4) is 11.3 Å². The second-order valence-corrected chi connectivity index (χ2v) is 8.74. The summed E-state index contributed by atoms with van der Waals surface area (Å²) in [5.74, 6) is -2.65. The number of hydrogen-bond acceptors (Lipinski definition) is 5. The van der Waals surface area contributed by atoms with Crippen LogP contribution in [0.5, 0.6) is 0 Å². The molecule has 0 radical (unpaired) electrons. The summed E-state index contributed by atoms with van der Waals surface area (Å²) in [5, 5.41) is 15.0. The van der Waals surface area contributed by atoms with Gasteiger partial charge in [0.25, 0.3) is 17.6 Å². The van der Waals surface area contributed by atoms with Crippen LogP contribution in [0.1, 0.15) is 45.8 Å². The fourth-order valence-corrected chi connectivity index (χ4v) is 3.67. The van der Waals surface area contributed by atoms with E-state index < -0.39 is 29.0 Å². The van der Waals surface area contributed by atoms with Crippen molar-refractivity contribution in [2.75, 3.05) is 11.9 Å². The summed E-state index contributed by atoms with van der Waals surface area (Å²) in [7, 11) is 1.59. The zero-order chi connectivity index (χ0) is 25.2. The molecule has 0 bridgehead atoms. The Balaban J connectivity index is 2.07. The van der Waals surface area contributed by atoms with Crippen LogP contribution in [-0.2, 0) is 11.8 Å². The molecule has 1 aromatic carbocycles. The van der Waals surface area contributed by atoms with Gasteiger partial charge in [-0.3, -0.25) is 19.4 Å². The summed E-state index contributed by atoms with van der Waals surface area (Å²) in [5.41, 5.74) is 1.07. The number of amides is 2. The highest BCUT2D eigenvalue weighted by atomic mass is 19.1. The van der Waals surface area contributed by atoms with Crippen molar-refractivity contribution in [2.24, 2.45) is 7.05 Å². The normalized spacial score (nSPS) is 11.3. The summed E-state index contributed by atoms with van der Waals surface area (Å²) < 4.78 is 15.1. The third-order valence-electron chi connectivity index (χ3n) is 5.32. The van der Waals surface area contributed by atoms with Gasteiger partial charge in [0.2, 0.25) is 0 Å². The van der Waals surface area contributed by atoms with Gasteiger partial charge < -0.3 is 20.3 Å². The Morgan fingerprint density at radius 2 is 1.88 bits per heavy atom. The molecule has 0 saturated carbocycles. The Hall–Kier alpha value is -3.85. The van der Waals surface area contributed by atoms with Crippen LogP contribution in [0.4, 0.5) is 10.1 Å². The summed E-state index contributed by atoms with van der Waals surface area (Å²) >= 11 is 0. The number of aliphatic hydroxyl groups is 1. The largest absolute Gasteiger partial charge is 0.389 e. The lowest BCUT2D eigenvalue weighted by molar-refractivity contribution is -0.118. The molecule has 178 valence electrons. The molecule has 3 rings (SSSR count). The maximum Gasteiger partial charge on any atom is 0.294 e. The molecule has 0 unspecified atom stereocenters. The molecule has 9 heteroatoms. The van der Waals surface area contributed by atoms with Gasteiger partial charge in [-0.1, -0.05) is 0 Å². The molecule has 3 N–H and O–H groups in total. The number of halogens is 1. The van der Waals surface area contributed by atoms with E-state index in [0.717, 1.165) is 0 Å². The van der Waals surface area contributed by atoms with Gasteiger partial charge in [0, 0.05) is 37.2 Å². The minimum atomic E-state index is -1.20. The van der Waals surface area contributed by atoms with E-state index in [1.165, 1.54) is 36.6 Å². The first-order valence-corrected chi connectivity index (χ1v) is 10.6. The molecule has 0 aliphatic carbocycles. The second-order valence-electron chi connectivity index (χ2n) is 8.74. The van der Waals surface area contributed by atoms with Crippen LogP contribution in [0.25, 0.3) is 11.3 Å². The number of rotatable bonds is 7. The Bertz CT molecular complexity index is 1260. The molecule has 0 aliphatic rings. The van der Waals surface area contributed by atoms with Crippen molar-refractivity contribution >= 4 is 23.3 Å². The molecule has 34 heavy (non-hydrogen) atoms. The zero-order valence-corrected chi connectivity index (χ0v) is 19.7. The Labute approximate surface area is 196 Å². The highest BCUT2D eigenvalue weighted by molar-refractivity contribution is 6.43. The fraction of sp³-hybridized carbons (Fsp3) is 0.280. The van der Waals surface area contributed by atoms with E-state index in [-0.39, 0.29) is 17.8 Å². The zero-order valence-electron chi connectivity index (χ0n) is 19.7. The predicted molar refractivity (Wildman–Crippen MR) is 126 cm³/mol. The fourth-order valence-electron chi connectivity index (χ4n) is 3.67. The third kappa shape index (κ3) is 5.20.